The van der Waals surface area contributed by atoms with Crippen molar-refractivity contribution < 1.29 is 4.79 Å². The number of fused-ring (bicyclic) bond motifs is 1. The number of aromatic nitrogens is 3. The van der Waals surface area contributed by atoms with Gasteiger partial charge in [-0.25, -0.2) is 19.7 Å². The highest BCUT2D eigenvalue weighted by Crippen LogP contribution is 2.40. The third-order valence-corrected chi connectivity index (χ3v) is 7.46. The van der Waals surface area contributed by atoms with Crippen LogP contribution < -0.4 is 10.6 Å². The number of urea groups is 1. The molecule has 0 saturated heterocycles. The van der Waals surface area contributed by atoms with Crippen LogP contribution in [-0.2, 0) is 19.5 Å². The molecule has 0 spiro atoms. The third kappa shape index (κ3) is 5.79. The van der Waals surface area contributed by atoms with E-state index in [0.29, 0.717) is 25.0 Å². The van der Waals surface area contributed by atoms with E-state index < -0.39 is 0 Å². The molecule has 0 unspecified atom stereocenters. The first-order valence-corrected chi connectivity index (χ1v) is 13.1. The van der Waals surface area contributed by atoms with Crippen LogP contribution in [-0.4, -0.2) is 57.5 Å². The Hall–Kier alpha value is -3.04. The van der Waals surface area contributed by atoms with Crippen molar-refractivity contribution in [3.63, 3.8) is 0 Å². The van der Waals surface area contributed by atoms with Crippen molar-refractivity contribution in [1.29, 1.82) is 0 Å². The molecule has 1 aliphatic carbocycles. The quantitative estimate of drug-likeness (QED) is 0.492. The molecule has 2 N–H and O–H groups in total. The van der Waals surface area contributed by atoms with Crippen LogP contribution in [0.5, 0.6) is 0 Å². The summed E-state index contributed by atoms with van der Waals surface area (Å²) >= 11 is 1.68. The van der Waals surface area contributed by atoms with Gasteiger partial charge in [0.25, 0.3) is 0 Å². The molecule has 0 radical (unpaired) electrons. The van der Waals surface area contributed by atoms with Gasteiger partial charge in [-0.1, -0.05) is 30.3 Å². The molecule has 2 atom stereocenters. The van der Waals surface area contributed by atoms with E-state index in [9.17, 15) is 4.79 Å². The molecule has 3 heterocycles. The number of benzene rings is 1. The van der Waals surface area contributed by atoms with Gasteiger partial charge in [-0.3, -0.25) is 0 Å². The van der Waals surface area contributed by atoms with E-state index in [-0.39, 0.29) is 18.1 Å². The van der Waals surface area contributed by atoms with Gasteiger partial charge in [0.15, 0.2) is 0 Å². The predicted molar refractivity (Wildman–Crippen MR) is 138 cm³/mol. The predicted octanol–water partition coefficient (Wildman–Crippen LogP) is 4.18. The number of hydrogen-bond acceptors (Lipinski definition) is 7. The maximum atomic E-state index is 13.4. The lowest BCUT2D eigenvalue weighted by molar-refractivity contribution is 0.161. The summed E-state index contributed by atoms with van der Waals surface area (Å²) in [4.78, 5) is 31.4. The molecular weight excluding hydrogens is 458 g/mol. The molecule has 9 heteroatoms. The molecule has 8 nitrogen and oxygen atoms in total. The SMILES string of the molecule is C[C@@H]1Cc2cnc(NCc3nc(C4CC4)cs3)nc2CN1C(=O)N[C@H](CN(C)C)c1ccccc1. The zero-order chi connectivity index (χ0) is 24.4. The molecule has 1 aliphatic heterocycles. The highest BCUT2D eigenvalue weighted by molar-refractivity contribution is 7.09. The van der Waals surface area contributed by atoms with Gasteiger partial charge in [0, 0.05) is 30.1 Å². The zero-order valence-corrected chi connectivity index (χ0v) is 21.4. The Bertz CT molecular complexity index is 1160. The molecule has 184 valence electrons. The number of anilines is 1. The number of nitrogens with zero attached hydrogens (tertiary/aromatic N) is 5. The van der Waals surface area contributed by atoms with Crippen molar-refractivity contribution in [2.75, 3.05) is 26.0 Å². The highest BCUT2D eigenvalue weighted by atomic mass is 32.1. The summed E-state index contributed by atoms with van der Waals surface area (Å²) in [6.07, 6.45) is 5.15. The van der Waals surface area contributed by atoms with E-state index in [0.717, 1.165) is 34.8 Å². The first kappa shape index (κ1) is 23.7. The molecule has 35 heavy (non-hydrogen) atoms. The summed E-state index contributed by atoms with van der Waals surface area (Å²) in [5.41, 5.74) is 4.32. The Kier molecular flexibility index (Phi) is 6.97. The molecule has 5 rings (SSSR count). The minimum Gasteiger partial charge on any atom is -0.348 e. The molecule has 2 amide bonds. The molecule has 0 bridgehead atoms. The Morgan fingerprint density at radius 2 is 2.03 bits per heavy atom. The van der Waals surface area contributed by atoms with Gasteiger partial charge in [0.05, 0.1) is 30.5 Å². The Balaban J connectivity index is 1.25. The van der Waals surface area contributed by atoms with Crippen molar-refractivity contribution in [3.8, 4) is 0 Å². The molecular formula is C26H33N7OS. The van der Waals surface area contributed by atoms with Crippen LogP contribution in [0.2, 0.25) is 0 Å². The van der Waals surface area contributed by atoms with Gasteiger partial charge >= 0.3 is 6.03 Å². The number of nitrogens with one attached hydrogen (secondary N) is 2. The van der Waals surface area contributed by atoms with Gasteiger partial charge in [-0.15, -0.1) is 11.3 Å². The molecule has 1 fully saturated rings. The Morgan fingerprint density at radius 3 is 2.77 bits per heavy atom. The number of hydrogen-bond donors (Lipinski definition) is 2. The zero-order valence-electron chi connectivity index (χ0n) is 20.6. The van der Waals surface area contributed by atoms with Crippen molar-refractivity contribution in [3.05, 3.63) is 69.4 Å². The van der Waals surface area contributed by atoms with Crippen LogP contribution in [0.15, 0.2) is 41.9 Å². The molecule has 1 aromatic carbocycles. The second-order valence-electron chi connectivity index (χ2n) is 9.82. The standard InChI is InChI=1S/C26H33N7OS/c1-17-11-20-12-27-25(28-13-24-29-23(16-35-24)19-9-10-19)30-22(20)15-33(17)26(34)31-21(14-32(2)3)18-7-5-4-6-8-18/h4-8,12,16-17,19,21H,9-11,13-15H2,1-3H3,(H,31,34)(H,27,28,30)/t17-,21-/m1/s1. The first-order valence-electron chi connectivity index (χ1n) is 12.3. The van der Waals surface area contributed by atoms with Gasteiger partial charge < -0.3 is 20.4 Å². The topological polar surface area (TPSA) is 86.3 Å². The first-order chi connectivity index (χ1) is 17.0. The maximum Gasteiger partial charge on any atom is 0.318 e. The lowest BCUT2D eigenvalue weighted by atomic mass is 10.0. The summed E-state index contributed by atoms with van der Waals surface area (Å²) in [5, 5.41) is 9.79. The van der Waals surface area contributed by atoms with Crippen LogP contribution >= 0.6 is 11.3 Å². The van der Waals surface area contributed by atoms with Crippen molar-refractivity contribution in [2.24, 2.45) is 0 Å². The van der Waals surface area contributed by atoms with Gasteiger partial charge in [-0.05, 0) is 51.4 Å². The van der Waals surface area contributed by atoms with E-state index in [1.807, 2.05) is 43.4 Å². The van der Waals surface area contributed by atoms with Crippen LogP contribution in [0, 0.1) is 0 Å². The maximum absolute atomic E-state index is 13.4. The minimum atomic E-state index is -0.0891. The lowest BCUT2D eigenvalue weighted by Crippen LogP contribution is -2.50. The number of likely N-dealkylation sites (N-methyl/N-ethyl adjacent to an activating group) is 1. The second kappa shape index (κ2) is 10.3. The number of carbonyl (C=O) groups is 1. The largest absolute Gasteiger partial charge is 0.348 e. The molecule has 2 aromatic heterocycles. The van der Waals surface area contributed by atoms with E-state index in [4.69, 9.17) is 9.97 Å². The number of thiazole rings is 1. The monoisotopic (exact) mass is 491 g/mol. The van der Waals surface area contributed by atoms with Gasteiger partial charge in [-0.2, -0.15) is 0 Å². The number of amides is 2. The summed E-state index contributed by atoms with van der Waals surface area (Å²) in [6, 6.07) is 10.0. The van der Waals surface area contributed by atoms with Crippen molar-refractivity contribution in [2.45, 2.75) is 57.3 Å². The average molecular weight is 492 g/mol. The van der Waals surface area contributed by atoms with Crippen LogP contribution in [0.4, 0.5) is 10.7 Å². The Morgan fingerprint density at radius 1 is 1.23 bits per heavy atom. The van der Waals surface area contributed by atoms with Crippen molar-refractivity contribution in [1.82, 2.24) is 30.1 Å². The summed E-state index contributed by atoms with van der Waals surface area (Å²) in [7, 11) is 4.04. The highest BCUT2D eigenvalue weighted by Gasteiger charge is 2.30. The van der Waals surface area contributed by atoms with Gasteiger partial charge in [0.2, 0.25) is 5.95 Å². The summed E-state index contributed by atoms with van der Waals surface area (Å²) in [5.74, 6) is 1.25. The fourth-order valence-electron chi connectivity index (χ4n) is 4.50. The molecule has 1 saturated carbocycles. The van der Waals surface area contributed by atoms with Crippen LogP contribution in [0.25, 0.3) is 0 Å². The van der Waals surface area contributed by atoms with E-state index in [1.165, 1.54) is 18.5 Å². The minimum absolute atomic E-state index is 0.0665. The van der Waals surface area contributed by atoms with Gasteiger partial charge in [0.1, 0.15) is 5.01 Å². The van der Waals surface area contributed by atoms with Crippen molar-refractivity contribution >= 4 is 23.3 Å². The van der Waals surface area contributed by atoms with E-state index in [2.05, 4.69) is 45.0 Å². The fraction of sp³-hybridized carbons (Fsp3) is 0.462. The number of carbonyl (C=O) groups excluding carboxylic acids is 1. The third-order valence-electron chi connectivity index (χ3n) is 6.59. The van der Waals surface area contributed by atoms with E-state index >= 15 is 0 Å². The molecule has 3 aromatic rings. The number of rotatable bonds is 8. The summed E-state index contributed by atoms with van der Waals surface area (Å²) < 4.78 is 0. The van der Waals surface area contributed by atoms with Crippen LogP contribution in [0.3, 0.4) is 0 Å². The van der Waals surface area contributed by atoms with Crippen LogP contribution in [0.1, 0.15) is 59.2 Å². The summed E-state index contributed by atoms with van der Waals surface area (Å²) in [6.45, 7) is 3.88. The lowest BCUT2D eigenvalue weighted by Gasteiger charge is -2.35. The van der Waals surface area contributed by atoms with E-state index in [1.54, 1.807) is 11.3 Å². The average Bonchev–Trinajstić information content (AvgIpc) is 3.59. The molecule has 2 aliphatic rings. The Labute approximate surface area is 210 Å². The second-order valence-corrected chi connectivity index (χ2v) is 10.8. The smallest absolute Gasteiger partial charge is 0.318 e. The fourth-order valence-corrected chi connectivity index (χ4v) is 5.31. The normalized spacial score (nSPS) is 18.3.